The minimum absolute atomic E-state index is 0.0419. The van der Waals surface area contributed by atoms with Gasteiger partial charge >= 0.3 is 11.9 Å². The molecule has 0 saturated heterocycles. The third-order valence-electron chi connectivity index (χ3n) is 3.85. The van der Waals surface area contributed by atoms with Crippen molar-refractivity contribution in [1.29, 1.82) is 0 Å². The van der Waals surface area contributed by atoms with E-state index in [4.69, 9.17) is 9.47 Å². The van der Waals surface area contributed by atoms with Crippen molar-refractivity contribution in [2.24, 2.45) is 23.7 Å². The molecule has 0 aliphatic rings. The van der Waals surface area contributed by atoms with Crippen molar-refractivity contribution in [3.8, 4) is 0 Å². The number of hydrogen-bond acceptors (Lipinski definition) is 4. The fraction of sp³-hybridized carbons (Fsp3) is 0.889. The summed E-state index contributed by atoms with van der Waals surface area (Å²) in [6.07, 6.45) is 3.66. The van der Waals surface area contributed by atoms with Crippen LogP contribution in [0.2, 0.25) is 0 Å². The van der Waals surface area contributed by atoms with Crippen LogP contribution in [0.25, 0.3) is 0 Å². The van der Waals surface area contributed by atoms with Crippen LogP contribution in [-0.2, 0) is 19.1 Å². The second-order valence-corrected chi connectivity index (χ2v) is 6.58. The summed E-state index contributed by atoms with van der Waals surface area (Å²) >= 11 is 0. The zero-order valence-electron chi connectivity index (χ0n) is 15.2. The first-order valence-electron chi connectivity index (χ1n) is 8.69. The summed E-state index contributed by atoms with van der Waals surface area (Å²) in [7, 11) is 0. The van der Waals surface area contributed by atoms with Gasteiger partial charge in [-0.25, -0.2) is 0 Å². The van der Waals surface area contributed by atoms with Crippen molar-refractivity contribution < 1.29 is 19.1 Å². The molecule has 0 fully saturated rings. The molecule has 0 rings (SSSR count). The number of rotatable bonds is 11. The molecule has 0 heterocycles. The van der Waals surface area contributed by atoms with Crippen LogP contribution in [0, 0.1) is 23.7 Å². The fourth-order valence-electron chi connectivity index (χ4n) is 2.49. The molecule has 0 aromatic rings. The summed E-state index contributed by atoms with van der Waals surface area (Å²) in [5, 5.41) is 0. The number of hydrogen-bond donors (Lipinski definition) is 0. The van der Waals surface area contributed by atoms with E-state index in [1.807, 2.05) is 27.7 Å². The number of carbonyl (C=O) groups is 2. The Hall–Kier alpha value is -1.06. The van der Waals surface area contributed by atoms with Gasteiger partial charge in [0, 0.05) is 0 Å². The van der Waals surface area contributed by atoms with Crippen molar-refractivity contribution in [2.75, 3.05) is 13.2 Å². The minimum Gasteiger partial charge on any atom is -0.465 e. The van der Waals surface area contributed by atoms with E-state index in [0.29, 0.717) is 13.2 Å². The molecule has 0 radical (unpaired) electrons. The average Bonchev–Trinajstić information content (AvgIpc) is 2.43. The lowest BCUT2D eigenvalue weighted by Crippen LogP contribution is -2.39. The summed E-state index contributed by atoms with van der Waals surface area (Å²) in [6.45, 7) is 12.8. The molecular weight excluding hydrogens is 280 g/mol. The second-order valence-electron chi connectivity index (χ2n) is 6.58. The van der Waals surface area contributed by atoms with E-state index in [1.54, 1.807) is 0 Å². The van der Waals surface area contributed by atoms with Crippen LogP contribution >= 0.6 is 0 Å². The normalized spacial score (nSPS) is 14.0. The molecule has 0 aliphatic heterocycles. The maximum absolute atomic E-state index is 12.4. The minimum atomic E-state index is -0.439. The van der Waals surface area contributed by atoms with Crippen LogP contribution in [0.4, 0.5) is 0 Å². The fourth-order valence-corrected chi connectivity index (χ4v) is 2.49. The zero-order chi connectivity index (χ0) is 17.1. The van der Waals surface area contributed by atoms with E-state index in [-0.39, 0.29) is 23.8 Å². The molecule has 4 nitrogen and oxygen atoms in total. The highest BCUT2D eigenvalue weighted by Gasteiger charge is 2.40. The number of esters is 2. The molecule has 0 bridgehead atoms. The van der Waals surface area contributed by atoms with E-state index in [9.17, 15) is 9.59 Å². The lowest BCUT2D eigenvalue weighted by molar-refractivity contribution is -0.165. The highest BCUT2D eigenvalue weighted by molar-refractivity contribution is 5.82. The predicted molar refractivity (Wildman–Crippen MR) is 88.4 cm³/mol. The molecule has 2 atom stereocenters. The number of unbranched alkanes of at least 4 members (excludes halogenated alkanes) is 2. The van der Waals surface area contributed by atoms with Crippen molar-refractivity contribution in [1.82, 2.24) is 0 Å². The van der Waals surface area contributed by atoms with Gasteiger partial charge in [-0.15, -0.1) is 0 Å². The van der Waals surface area contributed by atoms with E-state index >= 15 is 0 Å². The first-order valence-corrected chi connectivity index (χ1v) is 8.69. The van der Waals surface area contributed by atoms with Gasteiger partial charge in [-0.3, -0.25) is 9.59 Å². The van der Waals surface area contributed by atoms with Crippen molar-refractivity contribution in [3.05, 3.63) is 0 Å². The van der Waals surface area contributed by atoms with Gasteiger partial charge < -0.3 is 9.47 Å². The van der Waals surface area contributed by atoms with Gasteiger partial charge in [0.1, 0.15) is 0 Å². The molecule has 130 valence electrons. The molecule has 4 heteroatoms. The highest BCUT2D eigenvalue weighted by atomic mass is 16.5. The maximum atomic E-state index is 12.4. The molecule has 0 aromatic heterocycles. The number of ether oxygens (including phenoxy) is 2. The van der Waals surface area contributed by atoms with Crippen LogP contribution in [0.5, 0.6) is 0 Å². The van der Waals surface area contributed by atoms with Crippen LogP contribution in [0.3, 0.4) is 0 Å². The molecular formula is C18H34O4. The van der Waals surface area contributed by atoms with Crippen molar-refractivity contribution >= 4 is 11.9 Å². The Kier molecular flexibility index (Phi) is 10.9. The van der Waals surface area contributed by atoms with Crippen LogP contribution in [-0.4, -0.2) is 25.2 Å². The molecule has 2 unspecified atom stereocenters. The lowest BCUT2D eigenvalue weighted by atomic mass is 9.77. The van der Waals surface area contributed by atoms with Gasteiger partial charge in [0.05, 0.1) is 25.0 Å². The first kappa shape index (κ1) is 20.9. The van der Waals surface area contributed by atoms with Crippen molar-refractivity contribution in [2.45, 2.75) is 67.2 Å². The van der Waals surface area contributed by atoms with Gasteiger partial charge in [-0.05, 0) is 24.7 Å². The third-order valence-corrected chi connectivity index (χ3v) is 3.85. The lowest BCUT2D eigenvalue weighted by Gasteiger charge is -2.29. The Bertz CT molecular complexity index is 291. The second kappa shape index (κ2) is 11.5. The van der Waals surface area contributed by atoms with Crippen LogP contribution in [0.1, 0.15) is 67.2 Å². The Labute approximate surface area is 135 Å². The summed E-state index contributed by atoms with van der Waals surface area (Å²) in [6, 6.07) is 0. The molecule has 0 aliphatic carbocycles. The van der Waals surface area contributed by atoms with E-state index in [2.05, 4.69) is 13.8 Å². The Morgan fingerprint density at radius 2 is 1.05 bits per heavy atom. The largest absolute Gasteiger partial charge is 0.465 e. The summed E-state index contributed by atoms with van der Waals surface area (Å²) in [5.74, 6) is -1.33. The zero-order valence-corrected chi connectivity index (χ0v) is 15.2. The van der Waals surface area contributed by atoms with Gasteiger partial charge in [0.2, 0.25) is 0 Å². The Balaban J connectivity index is 4.94. The number of carbonyl (C=O) groups excluding carboxylic acids is 2. The van der Waals surface area contributed by atoms with E-state index in [1.165, 1.54) is 0 Å². The van der Waals surface area contributed by atoms with Gasteiger partial charge in [0.15, 0.2) is 0 Å². The smallest absolute Gasteiger partial charge is 0.310 e. The van der Waals surface area contributed by atoms with E-state index in [0.717, 1.165) is 25.7 Å². The molecule has 0 N–H and O–H groups in total. The van der Waals surface area contributed by atoms with Gasteiger partial charge in [-0.2, -0.15) is 0 Å². The Morgan fingerprint density at radius 3 is 1.27 bits per heavy atom. The maximum Gasteiger partial charge on any atom is 0.310 e. The van der Waals surface area contributed by atoms with E-state index < -0.39 is 11.8 Å². The predicted octanol–water partition coefficient (Wildman–Crippen LogP) is 4.22. The molecule has 0 amide bonds. The molecule has 0 aromatic carbocycles. The molecule has 0 spiro atoms. The van der Waals surface area contributed by atoms with Gasteiger partial charge in [-0.1, -0.05) is 54.4 Å². The topological polar surface area (TPSA) is 52.6 Å². The third kappa shape index (κ3) is 7.28. The Morgan fingerprint density at radius 1 is 0.727 bits per heavy atom. The highest BCUT2D eigenvalue weighted by Crippen LogP contribution is 2.30. The molecule has 22 heavy (non-hydrogen) atoms. The van der Waals surface area contributed by atoms with Crippen LogP contribution < -0.4 is 0 Å². The van der Waals surface area contributed by atoms with Crippen LogP contribution in [0.15, 0.2) is 0 Å². The molecule has 0 saturated carbocycles. The SMILES string of the molecule is CCCCOC(=O)C(C(C)C)C(C(=O)OCCCC)C(C)C. The monoisotopic (exact) mass is 314 g/mol. The summed E-state index contributed by atoms with van der Waals surface area (Å²) in [5.41, 5.74) is 0. The summed E-state index contributed by atoms with van der Waals surface area (Å²) in [4.78, 5) is 24.8. The quantitative estimate of drug-likeness (QED) is 0.423. The standard InChI is InChI=1S/C18H34O4/c1-7-9-11-21-17(19)15(13(3)4)16(14(5)6)18(20)22-12-10-8-2/h13-16H,7-12H2,1-6H3. The first-order chi connectivity index (χ1) is 10.4. The van der Waals surface area contributed by atoms with Crippen molar-refractivity contribution in [3.63, 3.8) is 0 Å². The van der Waals surface area contributed by atoms with Gasteiger partial charge in [0.25, 0.3) is 0 Å². The average molecular weight is 314 g/mol. The summed E-state index contributed by atoms with van der Waals surface area (Å²) < 4.78 is 10.7.